The fraction of sp³-hybridized carbons (Fsp3) is 0.471. The molecule has 1 fully saturated rings. The van der Waals surface area contributed by atoms with E-state index >= 15 is 0 Å². The van der Waals surface area contributed by atoms with Crippen LogP contribution < -0.4 is 5.32 Å². The molecule has 1 atom stereocenters. The molecule has 1 unspecified atom stereocenters. The maximum atomic E-state index is 13.1. The van der Waals surface area contributed by atoms with Gasteiger partial charge in [-0.25, -0.2) is 4.98 Å². The number of nitrogens with one attached hydrogen (secondary N) is 2. The van der Waals surface area contributed by atoms with E-state index < -0.39 is 5.41 Å². The fourth-order valence-corrected chi connectivity index (χ4v) is 3.61. The van der Waals surface area contributed by atoms with Gasteiger partial charge in [-0.15, -0.1) is 0 Å². The second-order valence-corrected chi connectivity index (χ2v) is 6.66. The van der Waals surface area contributed by atoms with Crippen LogP contribution in [0.25, 0.3) is 0 Å². The van der Waals surface area contributed by atoms with Crippen molar-refractivity contribution in [1.82, 2.24) is 20.5 Å². The van der Waals surface area contributed by atoms with Gasteiger partial charge in [-0.3, -0.25) is 9.89 Å². The van der Waals surface area contributed by atoms with Gasteiger partial charge < -0.3 is 5.32 Å². The van der Waals surface area contributed by atoms with Gasteiger partial charge in [-0.2, -0.15) is 5.10 Å². The summed E-state index contributed by atoms with van der Waals surface area (Å²) in [5.41, 5.74) is 0.504. The molecule has 23 heavy (non-hydrogen) atoms. The first-order valence-electron chi connectivity index (χ1n) is 8.04. The van der Waals surface area contributed by atoms with E-state index in [1.165, 1.54) is 12.7 Å². The number of aromatic amines is 1. The van der Waals surface area contributed by atoms with Crippen molar-refractivity contribution in [1.29, 1.82) is 0 Å². The van der Waals surface area contributed by atoms with Crippen LogP contribution in [0.3, 0.4) is 0 Å². The quantitative estimate of drug-likeness (QED) is 0.899. The molecule has 0 bridgehead atoms. The predicted molar refractivity (Wildman–Crippen MR) is 89.2 cm³/mol. The van der Waals surface area contributed by atoms with E-state index in [0.29, 0.717) is 10.8 Å². The van der Waals surface area contributed by atoms with Crippen molar-refractivity contribution in [2.24, 2.45) is 0 Å². The van der Waals surface area contributed by atoms with Gasteiger partial charge in [-0.1, -0.05) is 43.0 Å². The average molecular weight is 333 g/mol. The maximum Gasteiger partial charge on any atom is 0.231 e. The van der Waals surface area contributed by atoms with Gasteiger partial charge in [-0.05, 0) is 37.5 Å². The van der Waals surface area contributed by atoms with Crippen LogP contribution in [0.2, 0.25) is 5.02 Å². The Balaban J connectivity index is 1.88. The van der Waals surface area contributed by atoms with Crippen LogP contribution in [0.1, 0.15) is 56.5 Å². The standard InChI is InChI=1S/C17H21ClN4O/c1-12(15-19-11-20-22-15)21-16(23)17(8-3-2-4-9-17)13-6-5-7-14(18)10-13/h5-7,10-12H,2-4,8-9H2,1H3,(H,21,23)(H,19,20,22). The molecule has 0 spiro atoms. The van der Waals surface area contributed by atoms with E-state index in [4.69, 9.17) is 11.6 Å². The van der Waals surface area contributed by atoms with Gasteiger partial charge in [0.2, 0.25) is 5.91 Å². The van der Waals surface area contributed by atoms with Gasteiger partial charge in [0.15, 0.2) is 0 Å². The third-order valence-electron chi connectivity index (χ3n) is 4.71. The summed E-state index contributed by atoms with van der Waals surface area (Å²) in [4.78, 5) is 17.2. The highest BCUT2D eigenvalue weighted by molar-refractivity contribution is 6.30. The molecule has 1 aromatic heterocycles. The third-order valence-corrected chi connectivity index (χ3v) is 4.95. The maximum absolute atomic E-state index is 13.1. The minimum atomic E-state index is -0.503. The van der Waals surface area contributed by atoms with E-state index in [-0.39, 0.29) is 11.9 Å². The number of carbonyl (C=O) groups is 1. The molecule has 1 amide bonds. The molecule has 1 saturated carbocycles. The molecule has 0 saturated heterocycles. The minimum absolute atomic E-state index is 0.0448. The number of aromatic nitrogens is 3. The van der Waals surface area contributed by atoms with Crippen molar-refractivity contribution in [3.8, 4) is 0 Å². The van der Waals surface area contributed by atoms with Crippen LogP contribution in [-0.2, 0) is 10.2 Å². The lowest BCUT2D eigenvalue weighted by Gasteiger charge is -2.37. The summed E-state index contributed by atoms with van der Waals surface area (Å²) in [5.74, 6) is 0.707. The van der Waals surface area contributed by atoms with E-state index in [0.717, 1.165) is 31.2 Å². The summed E-state index contributed by atoms with van der Waals surface area (Å²) in [6.45, 7) is 1.91. The Morgan fingerprint density at radius 2 is 2.13 bits per heavy atom. The summed E-state index contributed by atoms with van der Waals surface area (Å²) in [6.07, 6.45) is 6.43. The molecule has 2 N–H and O–H groups in total. The molecule has 1 aliphatic rings. The van der Waals surface area contributed by atoms with Crippen molar-refractivity contribution in [3.05, 3.63) is 47.0 Å². The lowest BCUT2D eigenvalue weighted by atomic mass is 9.68. The Kier molecular flexibility index (Phi) is 4.66. The van der Waals surface area contributed by atoms with Gasteiger partial charge in [0, 0.05) is 5.02 Å². The van der Waals surface area contributed by atoms with Crippen LogP contribution >= 0.6 is 11.6 Å². The van der Waals surface area contributed by atoms with Crippen molar-refractivity contribution in [2.45, 2.75) is 50.5 Å². The second kappa shape index (κ2) is 6.71. The summed E-state index contributed by atoms with van der Waals surface area (Å²) in [6, 6.07) is 7.49. The Labute approximate surface area is 140 Å². The number of rotatable bonds is 4. The van der Waals surface area contributed by atoms with Crippen molar-refractivity contribution in [3.63, 3.8) is 0 Å². The highest BCUT2D eigenvalue weighted by Gasteiger charge is 2.41. The zero-order valence-electron chi connectivity index (χ0n) is 13.2. The van der Waals surface area contributed by atoms with Crippen LogP contribution in [0, 0.1) is 0 Å². The Morgan fingerprint density at radius 1 is 1.35 bits per heavy atom. The zero-order valence-corrected chi connectivity index (χ0v) is 13.9. The monoisotopic (exact) mass is 332 g/mol. The first-order chi connectivity index (χ1) is 11.1. The molecule has 122 valence electrons. The van der Waals surface area contributed by atoms with Gasteiger partial charge >= 0.3 is 0 Å². The summed E-state index contributed by atoms with van der Waals surface area (Å²) >= 11 is 6.16. The first-order valence-corrected chi connectivity index (χ1v) is 8.42. The summed E-state index contributed by atoms with van der Waals surface area (Å²) < 4.78 is 0. The van der Waals surface area contributed by atoms with Crippen LogP contribution in [0.4, 0.5) is 0 Å². The normalized spacial score (nSPS) is 18.3. The van der Waals surface area contributed by atoms with Crippen molar-refractivity contribution in [2.75, 3.05) is 0 Å². The van der Waals surface area contributed by atoms with E-state index in [9.17, 15) is 4.79 Å². The molecular formula is C17H21ClN4O. The first kappa shape index (κ1) is 16.0. The van der Waals surface area contributed by atoms with Crippen LogP contribution in [-0.4, -0.2) is 21.1 Å². The number of hydrogen-bond donors (Lipinski definition) is 2. The highest BCUT2D eigenvalue weighted by Crippen LogP contribution is 2.40. The minimum Gasteiger partial charge on any atom is -0.346 e. The molecule has 0 aliphatic heterocycles. The molecule has 1 heterocycles. The number of halogens is 1. The molecular weight excluding hydrogens is 312 g/mol. The molecule has 0 radical (unpaired) electrons. The Bertz CT molecular complexity index is 665. The van der Waals surface area contributed by atoms with E-state index in [1.54, 1.807) is 0 Å². The molecule has 5 nitrogen and oxygen atoms in total. The van der Waals surface area contributed by atoms with Gasteiger partial charge in [0.25, 0.3) is 0 Å². The Morgan fingerprint density at radius 3 is 2.78 bits per heavy atom. The average Bonchev–Trinajstić information content (AvgIpc) is 3.10. The lowest BCUT2D eigenvalue weighted by molar-refractivity contribution is -0.128. The number of benzene rings is 1. The number of carbonyl (C=O) groups excluding carboxylic acids is 1. The lowest BCUT2D eigenvalue weighted by Crippen LogP contribution is -2.46. The molecule has 2 aromatic rings. The zero-order chi connectivity index (χ0) is 16.3. The largest absolute Gasteiger partial charge is 0.346 e. The number of amides is 1. The third kappa shape index (κ3) is 3.24. The van der Waals surface area contributed by atoms with Crippen molar-refractivity contribution >= 4 is 17.5 Å². The molecule has 1 aromatic carbocycles. The van der Waals surface area contributed by atoms with Crippen LogP contribution in [0.5, 0.6) is 0 Å². The summed E-state index contributed by atoms with van der Waals surface area (Å²) in [5, 5.41) is 10.4. The molecule has 3 rings (SSSR count). The van der Waals surface area contributed by atoms with E-state index in [1.807, 2.05) is 31.2 Å². The molecule has 1 aliphatic carbocycles. The topological polar surface area (TPSA) is 70.7 Å². The SMILES string of the molecule is CC(NC(=O)C1(c2cccc(Cl)c2)CCCCC1)c1ncn[nH]1. The van der Waals surface area contributed by atoms with E-state index in [2.05, 4.69) is 20.5 Å². The Hall–Kier alpha value is -1.88. The van der Waals surface area contributed by atoms with Crippen molar-refractivity contribution < 1.29 is 4.79 Å². The summed E-state index contributed by atoms with van der Waals surface area (Å²) in [7, 11) is 0. The molecule has 6 heteroatoms. The van der Waals surface area contributed by atoms with Gasteiger partial charge in [0.1, 0.15) is 12.2 Å². The smallest absolute Gasteiger partial charge is 0.231 e. The van der Waals surface area contributed by atoms with Gasteiger partial charge in [0.05, 0.1) is 11.5 Å². The number of nitrogens with zero attached hydrogens (tertiary/aromatic N) is 2. The fourth-order valence-electron chi connectivity index (χ4n) is 3.42. The number of hydrogen-bond acceptors (Lipinski definition) is 3. The highest BCUT2D eigenvalue weighted by atomic mass is 35.5. The predicted octanol–water partition coefficient (Wildman–Crippen LogP) is 3.54. The number of H-pyrrole nitrogens is 1. The van der Waals surface area contributed by atoms with Crippen LogP contribution in [0.15, 0.2) is 30.6 Å². The second-order valence-electron chi connectivity index (χ2n) is 6.22.